The van der Waals surface area contributed by atoms with Crippen molar-refractivity contribution in [2.45, 2.75) is 19.9 Å². The number of benzene rings is 2. The number of methoxy groups -OCH3 is 1. The summed E-state index contributed by atoms with van der Waals surface area (Å²) in [5, 5.41) is 0.468. The lowest BCUT2D eigenvalue weighted by Crippen LogP contribution is -2.27. The summed E-state index contributed by atoms with van der Waals surface area (Å²) in [5.41, 5.74) is 1.47. The van der Waals surface area contributed by atoms with Crippen LogP contribution in [0.25, 0.3) is 6.08 Å². The molecule has 5 nitrogen and oxygen atoms in total. The highest BCUT2D eigenvalue weighted by atomic mass is 127. The summed E-state index contributed by atoms with van der Waals surface area (Å²) < 4.78 is 12.1. The summed E-state index contributed by atoms with van der Waals surface area (Å²) in [6.45, 7) is 2.74. The number of nitrogens with zero attached hydrogens (tertiary/aromatic N) is 1. The highest BCUT2D eigenvalue weighted by Crippen LogP contribution is 2.38. The lowest BCUT2D eigenvalue weighted by atomic mass is 10.1. The van der Waals surface area contributed by atoms with Gasteiger partial charge in [0.1, 0.15) is 0 Å². The van der Waals surface area contributed by atoms with E-state index in [2.05, 4.69) is 22.6 Å². The number of carbonyl (C=O) groups excluding carboxylic acids is 2. The molecule has 0 aliphatic carbocycles. The van der Waals surface area contributed by atoms with Crippen LogP contribution in [0.2, 0.25) is 10.0 Å². The zero-order valence-electron chi connectivity index (χ0n) is 16.2. The highest BCUT2D eigenvalue weighted by Gasteiger charge is 2.35. The molecule has 9 heteroatoms. The Balaban J connectivity index is 1.84. The maximum Gasteiger partial charge on any atom is 0.293 e. The molecular formula is C21H18Cl2INO4S. The number of imide groups is 1. The van der Waals surface area contributed by atoms with Gasteiger partial charge in [0.2, 0.25) is 0 Å². The third kappa shape index (κ3) is 5.25. The van der Waals surface area contributed by atoms with Gasteiger partial charge in [0, 0.05) is 0 Å². The molecule has 0 aromatic heterocycles. The Hall–Kier alpha value is -1.42. The average Bonchev–Trinajstić information content (AvgIpc) is 2.97. The molecule has 0 saturated carbocycles. The molecule has 0 bridgehead atoms. The molecule has 2 amide bonds. The van der Waals surface area contributed by atoms with Crippen molar-refractivity contribution < 1.29 is 19.1 Å². The summed E-state index contributed by atoms with van der Waals surface area (Å²) >= 11 is 15.0. The Bertz CT molecular complexity index is 1030. The topological polar surface area (TPSA) is 55.8 Å². The molecule has 30 heavy (non-hydrogen) atoms. The first kappa shape index (κ1) is 23.2. The minimum Gasteiger partial charge on any atom is -0.493 e. The lowest BCUT2D eigenvalue weighted by molar-refractivity contribution is -0.123. The van der Waals surface area contributed by atoms with E-state index in [4.69, 9.17) is 32.7 Å². The van der Waals surface area contributed by atoms with Crippen LogP contribution >= 0.6 is 57.6 Å². The number of hydrogen-bond donors (Lipinski definition) is 0. The van der Waals surface area contributed by atoms with Gasteiger partial charge in [-0.25, -0.2) is 0 Å². The summed E-state index contributed by atoms with van der Waals surface area (Å²) in [4.78, 5) is 26.8. The Labute approximate surface area is 202 Å². The van der Waals surface area contributed by atoms with Gasteiger partial charge in [-0.15, -0.1) is 0 Å². The first-order valence-electron chi connectivity index (χ1n) is 9.03. The van der Waals surface area contributed by atoms with Crippen LogP contribution in [-0.2, 0) is 11.3 Å². The van der Waals surface area contributed by atoms with E-state index >= 15 is 0 Å². The molecule has 1 heterocycles. The summed E-state index contributed by atoms with van der Waals surface area (Å²) in [7, 11) is 1.57. The number of rotatable bonds is 7. The number of thioether (sulfide) groups is 1. The smallest absolute Gasteiger partial charge is 0.293 e. The summed E-state index contributed by atoms with van der Waals surface area (Å²) in [6.07, 6.45) is 2.57. The van der Waals surface area contributed by atoms with Crippen molar-refractivity contribution in [2.75, 3.05) is 13.7 Å². The molecule has 1 saturated heterocycles. The zero-order chi connectivity index (χ0) is 21.8. The molecule has 0 radical (unpaired) electrons. The van der Waals surface area contributed by atoms with Crippen molar-refractivity contribution in [2.24, 2.45) is 0 Å². The molecule has 0 spiro atoms. The van der Waals surface area contributed by atoms with E-state index < -0.39 is 0 Å². The molecule has 1 aliphatic heterocycles. The second kappa shape index (κ2) is 10.3. The van der Waals surface area contributed by atoms with Gasteiger partial charge in [0.15, 0.2) is 11.5 Å². The van der Waals surface area contributed by atoms with Gasteiger partial charge in [0.05, 0.1) is 38.8 Å². The summed E-state index contributed by atoms with van der Waals surface area (Å²) in [6, 6.07) is 8.72. The van der Waals surface area contributed by atoms with Crippen LogP contribution < -0.4 is 9.47 Å². The maximum atomic E-state index is 12.8. The van der Waals surface area contributed by atoms with Gasteiger partial charge in [-0.2, -0.15) is 0 Å². The van der Waals surface area contributed by atoms with Gasteiger partial charge < -0.3 is 9.47 Å². The zero-order valence-corrected chi connectivity index (χ0v) is 20.7. The van der Waals surface area contributed by atoms with Gasteiger partial charge >= 0.3 is 0 Å². The number of halogens is 3. The third-order valence-corrected chi connectivity index (χ3v) is 6.65. The van der Waals surface area contributed by atoms with Crippen molar-refractivity contribution >= 4 is 74.8 Å². The molecule has 0 atom stereocenters. The minimum atomic E-state index is -0.351. The molecule has 158 valence electrons. The molecule has 0 unspecified atom stereocenters. The van der Waals surface area contributed by atoms with E-state index in [1.54, 1.807) is 37.5 Å². The molecule has 2 aromatic carbocycles. The lowest BCUT2D eigenvalue weighted by Gasteiger charge is -2.13. The first-order valence-corrected chi connectivity index (χ1v) is 11.7. The van der Waals surface area contributed by atoms with Crippen LogP contribution in [0.3, 0.4) is 0 Å². The highest BCUT2D eigenvalue weighted by molar-refractivity contribution is 14.1. The first-order chi connectivity index (χ1) is 14.3. The fourth-order valence-corrected chi connectivity index (χ4v) is 4.72. The van der Waals surface area contributed by atoms with Crippen molar-refractivity contribution in [1.29, 1.82) is 0 Å². The Morgan fingerprint density at radius 3 is 2.60 bits per heavy atom. The van der Waals surface area contributed by atoms with Crippen LogP contribution in [0.5, 0.6) is 11.5 Å². The Morgan fingerprint density at radius 1 is 1.17 bits per heavy atom. The largest absolute Gasteiger partial charge is 0.493 e. The van der Waals surface area contributed by atoms with Crippen molar-refractivity contribution in [3.05, 3.63) is 60.0 Å². The van der Waals surface area contributed by atoms with Crippen molar-refractivity contribution in [3.63, 3.8) is 0 Å². The number of hydrogen-bond acceptors (Lipinski definition) is 5. The van der Waals surface area contributed by atoms with Crippen LogP contribution in [0, 0.1) is 3.57 Å². The van der Waals surface area contributed by atoms with Crippen molar-refractivity contribution in [1.82, 2.24) is 4.90 Å². The number of ether oxygens (including phenoxy) is 2. The molecule has 1 aliphatic rings. The van der Waals surface area contributed by atoms with Crippen LogP contribution in [0.4, 0.5) is 4.79 Å². The third-order valence-electron chi connectivity index (χ3n) is 4.20. The van der Waals surface area contributed by atoms with Gasteiger partial charge in [0.25, 0.3) is 11.1 Å². The minimum absolute atomic E-state index is 0.129. The average molecular weight is 578 g/mol. The molecule has 1 fully saturated rings. The van der Waals surface area contributed by atoms with Crippen LogP contribution in [0.15, 0.2) is 35.2 Å². The van der Waals surface area contributed by atoms with E-state index in [0.717, 1.165) is 32.9 Å². The van der Waals surface area contributed by atoms with Crippen molar-refractivity contribution in [3.8, 4) is 11.5 Å². The maximum absolute atomic E-state index is 12.8. The quantitative estimate of drug-likeness (QED) is 0.273. The summed E-state index contributed by atoms with van der Waals surface area (Å²) in [5.74, 6) is 0.901. The number of amides is 2. The van der Waals surface area contributed by atoms with E-state index in [1.165, 1.54) is 4.90 Å². The van der Waals surface area contributed by atoms with E-state index in [-0.39, 0.29) is 17.7 Å². The second-order valence-corrected chi connectivity index (χ2v) is 9.37. The second-order valence-electron chi connectivity index (χ2n) is 6.40. The predicted octanol–water partition coefficient (Wildman–Crippen LogP) is 6.63. The molecule has 0 N–H and O–H groups in total. The molecular weight excluding hydrogens is 560 g/mol. The Morgan fingerprint density at radius 2 is 1.93 bits per heavy atom. The van der Waals surface area contributed by atoms with Crippen LogP contribution in [0.1, 0.15) is 24.5 Å². The fraction of sp³-hybridized carbons (Fsp3) is 0.238. The molecule has 3 rings (SSSR count). The van der Waals surface area contributed by atoms with Gasteiger partial charge in [-0.05, 0) is 82.2 Å². The van der Waals surface area contributed by atoms with E-state index in [0.29, 0.717) is 33.1 Å². The predicted molar refractivity (Wildman–Crippen MR) is 129 cm³/mol. The normalized spacial score (nSPS) is 15.2. The standard InChI is InChI=1S/C21H18Cl2INO4S/c1-3-6-29-19-16(24)8-13(9-17(19)28-2)10-18-20(26)25(21(27)30-18)11-12-4-5-14(22)15(23)7-12/h4-5,7-10H,3,6,11H2,1-2H3/b18-10-. The van der Waals surface area contributed by atoms with Gasteiger partial charge in [-0.3, -0.25) is 14.5 Å². The number of carbonyl (C=O) groups is 2. The van der Waals surface area contributed by atoms with E-state index in [9.17, 15) is 9.59 Å². The Kier molecular flexibility index (Phi) is 7.95. The fourth-order valence-electron chi connectivity index (χ4n) is 2.78. The monoisotopic (exact) mass is 577 g/mol. The van der Waals surface area contributed by atoms with E-state index in [1.807, 2.05) is 13.0 Å². The van der Waals surface area contributed by atoms with Gasteiger partial charge in [-0.1, -0.05) is 36.2 Å². The van der Waals surface area contributed by atoms with Crippen LogP contribution in [-0.4, -0.2) is 29.8 Å². The SMILES string of the molecule is CCCOc1c(I)cc(/C=C2\SC(=O)N(Cc3ccc(Cl)c(Cl)c3)C2=O)cc1OC. The molecule has 2 aromatic rings.